The van der Waals surface area contributed by atoms with Crippen LogP contribution < -0.4 is 0 Å². The Morgan fingerprint density at radius 2 is 2.40 bits per heavy atom. The van der Waals surface area contributed by atoms with E-state index in [2.05, 4.69) is 4.98 Å². The standard InChI is InChI=1S/C8H10N2O4S/c11-4-6(12)5-15-8-7(10(13)14)2-1-3-9-8/h1-3,6,11-12H,4-5H2/t6-/m1/s1. The van der Waals surface area contributed by atoms with Crippen LogP contribution in [0.4, 0.5) is 5.69 Å². The molecule has 0 fully saturated rings. The number of hydrogen-bond donors (Lipinski definition) is 2. The van der Waals surface area contributed by atoms with Crippen molar-refractivity contribution in [3.63, 3.8) is 0 Å². The third kappa shape index (κ3) is 3.46. The fraction of sp³-hybridized carbons (Fsp3) is 0.375. The molecule has 7 heteroatoms. The molecule has 0 unspecified atom stereocenters. The van der Waals surface area contributed by atoms with Gasteiger partial charge in [0.15, 0.2) is 5.03 Å². The number of aliphatic hydroxyl groups excluding tert-OH is 2. The second-order valence-electron chi connectivity index (χ2n) is 2.73. The Balaban J connectivity index is 2.72. The molecule has 0 aliphatic rings. The summed E-state index contributed by atoms with van der Waals surface area (Å²) in [7, 11) is 0. The molecule has 0 aromatic carbocycles. The van der Waals surface area contributed by atoms with Gasteiger partial charge in [0, 0.05) is 18.0 Å². The number of rotatable bonds is 5. The lowest BCUT2D eigenvalue weighted by Crippen LogP contribution is -2.14. The minimum atomic E-state index is -0.892. The fourth-order valence-corrected chi connectivity index (χ4v) is 1.74. The molecule has 0 aliphatic heterocycles. The molecule has 2 N–H and O–H groups in total. The predicted molar refractivity (Wildman–Crippen MR) is 54.7 cm³/mol. The zero-order chi connectivity index (χ0) is 11.3. The van der Waals surface area contributed by atoms with Crippen LogP contribution in [0.2, 0.25) is 0 Å². The minimum absolute atomic E-state index is 0.0901. The molecule has 0 spiro atoms. The van der Waals surface area contributed by atoms with Gasteiger partial charge >= 0.3 is 5.69 Å². The lowest BCUT2D eigenvalue weighted by Gasteiger charge is -2.05. The topological polar surface area (TPSA) is 96.5 Å². The van der Waals surface area contributed by atoms with Gasteiger partial charge in [-0.15, -0.1) is 0 Å². The Hall–Kier alpha value is -1.18. The Morgan fingerprint density at radius 1 is 1.67 bits per heavy atom. The van der Waals surface area contributed by atoms with Crippen LogP contribution in [0.5, 0.6) is 0 Å². The van der Waals surface area contributed by atoms with Crippen molar-refractivity contribution in [2.45, 2.75) is 11.1 Å². The van der Waals surface area contributed by atoms with E-state index < -0.39 is 11.0 Å². The number of aromatic nitrogens is 1. The summed E-state index contributed by atoms with van der Waals surface area (Å²) in [5.41, 5.74) is -0.0901. The lowest BCUT2D eigenvalue weighted by molar-refractivity contribution is -0.388. The van der Waals surface area contributed by atoms with Gasteiger partial charge in [-0.3, -0.25) is 10.1 Å². The lowest BCUT2D eigenvalue weighted by atomic mass is 10.4. The second-order valence-corrected chi connectivity index (χ2v) is 3.74. The molecule has 0 aliphatic carbocycles. The summed E-state index contributed by atoms with van der Waals surface area (Å²) in [4.78, 5) is 13.9. The molecule has 1 aromatic heterocycles. The highest BCUT2D eigenvalue weighted by atomic mass is 32.2. The van der Waals surface area contributed by atoms with Gasteiger partial charge in [-0.25, -0.2) is 4.98 Å². The SMILES string of the molecule is O=[N+]([O-])c1cccnc1SC[C@H](O)CO. The van der Waals surface area contributed by atoms with Crippen molar-refractivity contribution in [2.75, 3.05) is 12.4 Å². The number of aliphatic hydroxyl groups is 2. The van der Waals surface area contributed by atoms with Gasteiger partial charge in [0.25, 0.3) is 0 Å². The van der Waals surface area contributed by atoms with Gasteiger partial charge in [0.05, 0.1) is 17.6 Å². The van der Waals surface area contributed by atoms with Gasteiger partial charge < -0.3 is 10.2 Å². The van der Waals surface area contributed by atoms with Crippen molar-refractivity contribution in [1.29, 1.82) is 0 Å². The van der Waals surface area contributed by atoms with Crippen molar-refractivity contribution in [3.05, 3.63) is 28.4 Å². The summed E-state index contributed by atoms with van der Waals surface area (Å²) in [5, 5.41) is 28.5. The highest BCUT2D eigenvalue weighted by Crippen LogP contribution is 2.26. The van der Waals surface area contributed by atoms with Gasteiger partial charge in [0.1, 0.15) is 0 Å². The predicted octanol–water partition coefficient (Wildman–Crippen LogP) is 0.435. The first-order chi connectivity index (χ1) is 7.15. The van der Waals surface area contributed by atoms with Crippen molar-refractivity contribution >= 4 is 17.4 Å². The van der Waals surface area contributed by atoms with Crippen molar-refractivity contribution in [1.82, 2.24) is 4.98 Å². The molecule has 15 heavy (non-hydrogen) atoms. The first kappa shape index (κ1) is 11.9. The maximum atomic E-state index is 10.6. The van der Waals surface area contributed by atoms with Crippen molar-refractivity contribution in [2.24, 2.45) is 0 Å². The van der Waals surface area contributed by atoms with Gasteiger partial charge in [-0.1, -0.05) is 11.8 Å². The summed E-state index contributed by atoms with van der Waals surface area (Å²) in [6.07, 6.45) is 0.553. The zero-order valence-corrected chi connectivity index (χ0v) is 8.55. The summed E-state index contributed by atoms with van der Waals surface area (Å²) in [6.45, 7) is -0.367. The molecule has 1 heterocycles. The van der Waals surface area contributed by atoms with Crippen LogP contribution >= 0.6 is 11.8 Å². The monoisotopic (exact) mass is 230 g/mol. The van der Waals surface area contributed by atoms with E-state index in [0.29, 0.717) is 0 Å². The molecule has 1 aromatic rings. The maximum Gasteiger partial charge on any atom is 0.301 e. The highest BCUT2D eigenvalue weighted by Gasteiger charge is 2.15. The van der Waals surface area contributed by atoms with E-state index in [1.165, 1.54) is 18.3 Å². The summed E-state index contributed by atoms with van der Waals surface area (Å²) >= 11 is 1.05. The molecular formula is C8H10N2O4S. The van der Waals surface area contributed by atoms with E-state index in [0.717, 1.165) is 11.8 Å². The Morgan fingerprint density at radius 3 is 3.00 bits per heavy atom. The Kier molecular flexibility index (Phi) is 4.47. The molecule has 0 radical (unpaired) electrons. The van der Waals surface area contributed by atoms with Crippen molar-refractivity contribution in [3.8, 4) is 0 Å². The number of nitrogens with zero attached hydrogens (tertiary/aromatic N) is 2. The first-order valence-corrected chi connectivity index (χ1v) is 5.15. The zero-order valence-electron chi connectivity index (χ0n) is 7.74. The van der Waals surface area contributed by atoms with Crippen LogP contribution in [0.15, 0.2) is 23.4 Å². The molecule has 0 bridgehead atoms. The first-order valence-electron chi connectivity index (χ1n) is 4.16. The fourth-order valence-electron chi connectivity index (χ4n) is 0.860. The van der Waals surface area contributed by atoms with Gasteiger partial charge in [0.2, 0.25) is 0 Å². The van der Waals surface area contributed by atoms with E-state index in [9.17, 15) is 10.1 Å². The molecular weight excluding hydrogens is 220 g/mol. The molecule has 1 rings (SSSR count). The number of hydrogen-bond acceptors (Lipinski definition) is 6. The minimum Gasteiger partial charge on any atom is -0.394 e. The van der Waals surface area contributed by atoms with Crippen LogP contribution in [0.25, 0.3) is 0 Å². The van der Waals surface area contributed by atoms with Crippen molar-refractivity contribution < 1.29 is 15.1 Å². The number of pyridine rings is 1. The summed E-state index contributed by atoms with van der Waals surface area (Å²) in [5.74, 6) is 0.175. The highest BCUT2D eigenvalue weighted by molar-refractivity contribution is 7.99. The molecule has 0 saturated heterocycles. The van der Waals surface area contributed by atoms with E-state index in [-0.39, 0.29) is 23.1 Å². The maximum absolute atomic E-state index is 10.6. The summed E-state index contributed by atoms with van der Waals surface area (Å²) < 4.78 is 0. The van der Waals surface area contributed by atoms with E-state index in [1.54, 1.807) is 0 Å². The molecule has 0 amide bonds. The quantitative estimate of drug-likeness (QED) is 0.432. The number of thioether (sulfide) groups is 1. The van der Waals surface area contributed by atoms with Crippen LogP contribution in [0.1, 0.15) is 0 Å². The van der Waals surface area contributed by atoms with Gasteiger partial charge in [-0.05, 0) is 6.07 Å². The molecule has 1 atom stereocenters. The van der Waals surface area contributed by atoms with E-state index >= 15 is 0 Å². The van der Waals surface area contributed by atoms with E-state index in [4.69, 9.17) is 10.2 Å². The molecule has 0 saturated carbocycles. The Bertz CT molecular complexity index is 347. The summed E-state index contributed by atoms with van der Waals surface area (Å²) in [6, 6.07) is 2.82. The third-order valence-electron chi connectivity index (χ3n) is 1.57. The average Bonchev–Trinajstić information content (AvgIpc) is 2.26. The second kappa shape index (κ2) is 5.64. The van der Waals surface area contributed by atoms with Crippen LogP contribution in [0.3, 0.4) is 0 Å². The normalized spacial score (nSPS) is 12.4. The third-order valence-corrected chi connectivity index (χ3v) is 2.71. The largest absolute Gasteiger partial charge is 0.394 e. The van der Waals surface area contributed by atoms with Crippen LogP contribution in [-0.4, -0.2) is 38.6 Å². The number of nitro groups is 1. The Labute approximate surface area is 90.1 Å². The molecule has 82 valence electrons. The average molecular weight is 230 g/mol. The van der Waals surface area contributed by atoms with Crippen LogP contribution in [0, 0.1) is 10.1 Å². The smallest absolute Gasteiger partial charge is 0.301 e. The van der Waals surface area contributed by atoms with Crippen LogP contribution in [-0.2, 0) is 0 Å². The van der Waals surface area contributed by atoms with E-state index in [1.807, 2.05) is 0 Å². The van der Waals surface area contributed by atoms with Gasteiger partial charge in [-0.2, -0.15) is 0 Å². The molecule has 6 nitrogen and oxygen atoms in total.